The highest BCUT2D eigenvalue weighted by molar-refractivity contribution is 7.91. The van der Waals surface area contributed by atoms with E-state index in [1.54, 1.807) is 6.92 Å². The van der Waals surface area contributed by atoms with E-state index in [1.165, 1.54) is 0 Å². The van der Waals surface area contributed by atoms with Crippen LogP contribution in [0.25, 0.3) is 0 Å². The molecular formula is C15H15FN2O4S. The summed E-state index contributed by atoms with van der Waals surface area (Å²) in [6.07, 6.45) is -0.122. The average Bonchev–Trinajstić information content (AvgIpc) is 2.68. The van der Waals surface area contributed by atoms with Crippen LogP contribution in [0.15, 0.2) is 35.2 Å². The van der Waals surface area contributed by atoms with Gasteiger partial charge in [0.2, 0.25) is 0 Å². The van der Waals surface area contributed by atoms with Crippen LogP contribution in [-0.2, 0) is 20.2 Å². The topological polar surface area (TPSA) is 83.6 Å². The molecule has 3 rings (SSSR count). The van der Waals surface area contributed by atoms with E-state index in [1.807, 2.05) is 0 Å². The summed E-state index contributed by atoms with van der Waals surface area (Å²) >= 11 is 0. The van der Waals surface area contributed by atoms with Crippen LogP contribution in [0.3, 0.4) is 0 Å². The molecule has 2 aliphatic rings. The van der Waals surface area contributed by atoms with Crippen LogP contribution in [0, 0.1) is 5.82 Å². The Balaban J connectivity index is 2.18. The van der Waals surface area contributed by atoms with Gasteiger partial charge in [-0.2, -0.15) is 0 Å². The van der Waals surface area contributed by atoms with Crippen molar-refractivity contribution in [1.29, 1.82) is 0 Å². The first-order valence-corrected chi connectivity index (χ1v) is 8.64. The van der Waals surface area contributed by atoms with Crippen LogP contribution >= 0.6 is 0 Å². The van der Waals surface area contributed by atoms with Gasteiger partial charge in [-0.3, -0.25) is 9.69 Å². The second-order valence-corrected chi connectivity index (χ2v) is 7.97. The molecule has 1 aromatic carbocycles. The van der Waals surface area contributed by atoms with E-state index in [4.69, 9.17) is 0 Å². The Morgan fingerprint density at radius 2 is 2.13 bits per heavy atom. The largest absolute Gasteiger partial charge is 0.325 e. The molecule has 0 unspecified atom stereocenters. The molecule has 1 atom stereocenters. The normalized spacial score (nSPS) is 25.4. The van der Waals surface area contributed by atoms with Crippen molar-refractivity contribution in [1.82, 2.24) is 10.2 Å². The number of rotatable bonds is 2. The third-order valence-electron chi connectivity index (χ3n) is 4.09. The fraction of sp³-hybridized carbons (Fsp3) is 0.333. The van der Waals surface area contributed by atoms with Gasteiger partial charge in [0.15, 0.2) is 9.84 Å². The fourth-order valence-corrected chi connectivity index (χ4v) is 4.67. The maximum absolute atomic E-state index is 13.7. The molecule has 0 bridgehead atoms. The lowest BCUT2D eigenvalue weighted by molar-refractivity contribution is -0.131. The van der Waals surface area contributed by atoms with Crippen LogP contribution in [0.1, 0.15) is 18.9 Å². The quantitative estimate of drug-likeness (QED) is 0.501. The third-order valence-corrected chi connectivity index (χ3v) is 5.85. The van der Waals surface area contributed by atoms with Crippen molar-refractivity contribution in [2.75, 3.05) is 12.3 Å². The Morgan fingerprint density at radius 1 is 1.43 bits per heavy atom. The second-order valence-electron chi connectivity index (χ2n) is 5.89. The zero-order valence-electron chi connectivity index (χ0n) is 12.4. The van der Waals surface area contributed by atoms with Crippen molar-refractivity contribution in [3.05, 3.63) is 41.7 Å². The smallest absolute Gasteiger partial charge is 0.319 e. The summed E-state index contributed by atoms with van der Waals surface area (Å²) in [5, 5.41) is 2.56. The zero-order valence-corrected chi connectivity index (χ0v) is 13.2. The Kier molecular flexibility index (Phi) is 3.33. The molecule has 6 nitrogen and oxygen atoms in total. The van der Waals surface area contributed by atoms with Gasteiger partial charge in [0.05, 0.1) is 17.2 Å². The summed E-state index contributed by atoms with van der Waals surface area (Å²) in [4.78, 5) is 25.8. The standard InChI is InChI=1S/C15H15FN2O4S/c1-9(2)8-18-13(19)15(17-14(18)20)5-6-23(21,22)12-4-3-10(16)7-11(12)15/h3-4,7H,1,5-6,8H2,2H3,(H,17,20)/t15-/m1/s1. The first kappa shape index (κ1) is 15.7. The van der Waals surface area contributed by atoms with E-state index in [0.29, 0.717) is 5.57 Å². The number of carbonyl (C=O) groups excluding carboxylic acids is 2. The minimum absolute atomic E-state index is 0.00804. The molecule has 1 fully saturated rings. The van der Waals surface area contributed by atoms with Gasteiger partial charge in [-0.1, -0.05) is 12.2 Å². The lowest BCUT2D eigenvalue weighted by Gasteiger charge is -2.33. The van der Waals surface area contributed by atoms with E-state index < -0.39 is 33.1 Å². The van der Waals surface area contributed by atoms with E-state index in [9.17, 15) is 22.4 Å². The fourth-order valence-electron chi connectivity index (χ4n) is 3.03. The van der Waals surface area contributed by atoms with Gasteiger partial charge in [0, 0.05) is 5.56 Å². The molecule has 0 aliphatic carbocycles. The molecule has 0 radical (unpaired) electrons. The molecule has 2 aliphatic heterocycles. The van der Waals surface area contributed by atoms with E-state index in [2.05, 4.69) is 11.9 Å². The Morgan fingerprint density at radius 3 is 2.78 bits per heavy atom. The monoisotopic (exact) mass is 338 g/mol. The first-order chi connectivity index (χ1) is 10.7. The van der Waals surface area contributed by atoms with Crippen molar-refractivity contribution in [3.63, 3.8) is 0 Å². The molecule has 1 saturated heterocycles. The molecule has 0 saturated carbocycles. The SMILES string of the molecule is C=C(C)CN1C(=O)N[C@@]2(CCS(=O)(=O)c3ccc(F)cc32)C1=O. The molecule has 1 aromatic rings. The number of amides is 3. The molecule has 2 heterocycles. The maximum atomic E-state index is 13.7. The molecule has 8 heteroatoms. The highest BCUT2D eigenvalue weighted by atomic mass is 32.2. The Bertz CT molecular complexity index is 849. The molecule has 1 N–H and O–H groups in total. The maximum Gasteiger partial charge on any atom is 0.325 e. The predicted molar refractivity (Wildman–Crippen MR) is 79.8 cm³/mol. The molecule has 23 heavy (non-hydrogen) atoms. The number of fused-ring (bicyclic) bond motifs is 2. The summed E-state index contributed by atoms with van der Waals surface area (Å²) in [5.74, 6) is -1.54. The van der Waals surface area contributed by atoms with Gasteiger partial charge < -0.3 is 5.32 Å². The number of hydrogen-bond acceptors (Lipinski definition) is 4. The number of hydrogen-bond donors (Lipinski definition) is 1. The van der Waals surface area contributed by atoms with Gasteiger partial charge >= 0.3 is 6.03 Å². The number of nitrogens with one attached hydrogen (secondary N) is 1. The Hall–Kier alpha value is -2.22. The van der Waals surface area contributed by atoms with Crippen molar-refractivity contribution in [3.8, 4) is 0 Å². The van der Waals surface area contributed by atoms with Gasteiger partial charge in [-0.15, -0.1) is 0 Å². The van der Waals surface area contributed by atoms with Crippen LogP contribution < -0.4 is 5.32 Å². The van der Waals surface area contributed by atoms with Crippen LogP contribution in [-0.4, -0.2) is 37.6 Å². The summed E-state index contributed by atoms with van der Waals surface area (Å²) in [5.41, 5.74) is -0.935. The van der Waals surface area contributed by atoms with Crippen molar-refractivity contribution >= 4 is 21.8 Å². The number of benzene rings is 1. The van der Waals surface area contributed by atoms with Crippen molar-refractivity contribution in [2.45, 2.75) is 23.8 Å². The van der Waals surface area contributed by atoms with E-state index in [0.717, 1.165) is 23.1 Å². The summed E-state index contributed by atoms with van der Waals surface area (Å²) in [7, 11) is -3.61. The molecule has 122 valence electrons. The van der Waals surface area contributed by atoms with Crippen LogP contribution in [0.2, 0.25) is 0 Å². The molecular weight excluding hydrogens is 323 g/mol. The lowest BCUT2D eigenvalue weighted by atomic mass is 9.86. The third kappa shape index (κ3) is 2.24. The number of sulfone groups is 1. The molecule has 1 spiro atoms. The van der Waals surface area contributed by atoms with Crippen LogP contribution in [0.4, 0.5) is 9.18 Å². The number of carbonyl (C=O) groups is 2. The van der Waals surface area contributed by atoms with Crippen molar-refractivity contribution in [2.24, 2.45) is 0 Å². The Labute approximate surface area is 132 Å². The minimum Gasteiger partial charge on any atom is -0.319 e. The van der Waals surface area contributed by atoms with Gasteiger partial charge in [-0.05, 0) is 31.5 Å². The summed E-state index contributed by atoms with van der Waals surface area (Å²) in [6.45, 7) is 5.38. The second kappa shape index (κ2) is 4.89. The lowest BCUT2D eigenvalue weighted by Crippen LogP contribution is -2.49. The number of halogens is 1. The highest BCUT2D eigenvalue weighted by Crippen LogP contribution is 2.41. The summed E-state index contributed by atoms with van der Waals surface area (Å²) in [6, 6.07) is 2.55. The number of nitrogens with zero attached hydrogens (tertiary/aromatic N) is 1. The van der Waals surface area contributed by atoms with E-state index >= 15 is 0 Å². The highest BCUT2D eigenvalue weighted by Gasteiger charge is 2.56. The molecule has 0 aromatic heterocycles. The predicted octanol–water partition coefficient (Wildman–Crippen LogP) is 1.33. The molecule has 3 amide bonds. The summed E-state index contributed by atoms with van der Waals surface area (Å²) < 4.78 is 38.1. The average molecular weight is 338 g/mol. The van der Waals surface area contributed by atoms with Gasteiger partial charge in [0.25, 0.3) is 5.91 Å². The number of urea groups is 1. The van der Waals surface area contributed by atoms with Gasteiger partial charge in [-0.25, -0.2) is 17.6 Å². The van der Waals surface area contributed by atoms with Gasteiger partial charge in [0.1, 0.15) is 11.4 Å². The minimum atomic E-state index is -3.61. The number of imide groups is 1. The first-order valence-electron chi connectivity index (χ1n) is 6.99. The van der Waals surface area contributed by atoms with E-state index in [-0.39, 0.29) is 29.2 Å². The van der Waals surface area contributed by atoms with Crippen LogP contribution in [0.5, 0.6) is 0 Å². The zero-order chi connectivity index (χ0) is 17.0. The van der Waals surface area contributed by atoms with Crippen molar-refractivity contribution < 1.29 is 22.4 Å².